The van der Waals surface area contributed by atoms with Crippen LogP contribution in [-0.4, -0.2) is 41.3 Å². The van der Waals surface area contributed by atoms with Crippen LogP contribution in [0.2, 0.25) is 38.8 Å². The van der Waals surface area contributed by atoms with Crippen LogP contribution in [0.5, 0.6) is 0 Å². The Morgan fingerprint density at radius 3 is 1.77 bits per heavy atom. The molecule has 0 heterocycles. The lowest BCUT2D eigenvalue weighted by Gasteiger charge is -2.34. The van der Waals surface area contributed by atoms with E-state index in [2.05, 4.69) is 51.3 Å². The standard InChI is InChI=1S/C18H43NOSi2/c1-8-9-10-11-12-13-14-15-18-22(6,7)19(2)16-17-20-21(3,4)5/h8-18H2,1-7H3. The number of nitrogens with zero attached hydrogens (tertiary/aromatic N) is 1. The summed E-state index contributed by atoms with van der Waals surface area (Å²) in [4.78, 5) is 0. The van der Waals surface area contributed by atoms with E-state index < -0.39 is 16.6 Å². The molecule has 0 N–H and O–H groups in total. The molecular formula is C18H43NOSi2. The maximum absolute atomic E-state index is 6.00. The zero-order chi connectivity index (χ0) is 17.1. The predicted octanol–water partition coefficient (Wildman–Crippen LogP) is 6.12. The van der Waals surface area contributed by atoms with Crippen molar-refractivity contribution < 1.29 is 4.43 Å². The van der Waals surface area contributed by atoms with Crippen LogP contribution in [-0.2, 0) is 4.43 Å². The van der Waals surface area contributed by atoms with Crippen LogP contribution in [0, 0.1) is 0 Å². The Balaban J connectivity index is 3.70. The van der Waals surface area contributed by atoms with E-state index in [1.807, 2.05) is 0 Å². The Labute approximate surface area is 143 Å². The third-order valence-corrected chi connectivity index (χ3v) is 9.57. The predicted molar refractivity (Wildman–Crippen MR) is 107 cm³/mol. The van der Waals surface area contributed by atoms with Gasteiger partial charge < -0.3 is 8.99 Å². The van der Waals surface area contributed by atoms with Gasteiger partial charge >= 0.3 is 0 Å². The van der Waals surface area contributed by atoms with Crippen molar-refractivity contribution in [2.24, 2.45) is 0 Å². The van der Waals surface area contributed by atoms with Crippen molar-refractivity contribution in [3.05, 3.63) is 0 Å². The SMILES string of the molecule is CCCCCCCCCC[Si](C)(C)N(C)CCO[Si](C)(C)C. The van der Waals surface area contributed by atoms with Gasteiger partial charge in [-0.3, -0.25) is 0 Å². The molecule has 0 radical (unpaired) electrons. The Bertz CT molecular complexity index is 264. The molecule has 0 fully saturated rings. The molecule has 0 aliphatic rings. The first-order valence-corrected chi connectivity index (χ1v) is 16.1. The van der Waals surface area contributed by atoms with Crippen LogP contribution in [0.3, 0.4) is 0 Å². The lowest BCUT2D eigenvalue weighted by Crippen LogP contribution is -2.48. The van der Waals surface area contributed by atoms with E-state index >= 15 is 0 Å². The van der Waals surface area contributed by atoms with Crippen molar-refractivity contribution in [2.75, 3.05) is 20.2 Å². The van der Waals surface area contributed by atoms with Crippen molar-refractivity contribution >= 4 is 16.6 Å². The summed E-state index contributed by atoms with van der Waals surface area (Å²) in [6.07, 6.45) is 11.4. The van der Waals surface area contributed by atoms with Gasteiger partial charge in [0, 0.05) is 13.2 Å². The summed E-state index contributed by atoms with van der Waals surface area (Å²) in [5, 5.41) is 0. The van der Waals surface area contributed by atoms with Gasteiger partial charge in [0.05, 0.1) is 0 Å². The molecule has 134 valence electrons. The Hall–Kier alpha value is 0.354. The monoisotopic (exact) mass is 345 g/mol. The van der Waals surface area contributed by atoms with E-state index in [1.165, 1.54) is 57.4 Å². The molecule has 0 aliphatic carbocycles. The molecule has 0 aromatic heterocycles. The fourth-order valence-corrected chi connectivity index (χ4v) is 5.57. The summed E-state index contributed by atoms with van der Waals surface area (Å²) < 4.78 is 8.62. The molecule has 0 rings (SSSR count). The summed E-state index contributed by atoms with van der Waals surface area (Å²) in [6.45, 7) is 16.2. The molecule has 0 spiro atoms. The van der Waals surface area contributed by atoms with Crippen molar-refractivity contribution in [1.29, 1.82) is 0 Å². The molecule has 0 unspecified atom stereocenters. The highest BCUT2D eigenvalue weighted by Gasteiger charge is 2.26. The van der Waals surface area contributed by atoms with E-state index in [1.54, 1.807) is 0 Å². The fraction of sp³-hybridized carbons (Fsp3) is 1.00. The van der Waals surface area contributed by atoms with E-state index in [0.717, 1.165) is 13.2 Å². The highest BCUT2D eigenvalue weighted by Crippen LogP contribution is 2.19. The summed E-state index contributed by atoms with van der Waals surface area (Å²) in [7, 11) is -0.250. The molecule has 22 heavy (non-hydrogen) atoms. The maximum atomic E-state index is 6.00. The molecule has 0 aromatic carbocycles. The normalized spacial score (nSPS) is 13.1. The number of hydrogen-bond acceptors (Lipinski definition) is 2. The van der Waals surface area contributed by atoms with Gasteiger partial charge in [0.15, 0.2) is 8.32 Å². The van der Waals surface area contributed by atoms with Gasteiger partial charge in [0.2, 0.25) is 0 Å². The van der Waals surface area contributed by atoms with Crippen LogP contribution < -0.4 is 0 Å². The first-order valence-electron chi connectivity index (χ1n) is 9.54. The van der Waals surface area contributed by atoms with E-state index in [9.17, 15) is 0 Å². The van der Waals surface area contributed by atoms with Gasteiger partial charge in [-0.2, -0.15) is 0 Å². The lowest BCUT2D eigenvalue weighted by molar-refractivity contribution is 0.278. The molecule has 0 saturated heterocycles. The first-order chi connectivity index (χ1) is 10.2. The van der Waals surface area contributed by atoms with Crippen LogP contribution in [0.25, 0.3) is 0 Å². The summed E-state index contributed by atoms with van der Waals surface area (Å²) >= 11 is 0. The minimum Gasteiger partial charge on any atom is -0.416 e. The van der Waals surface area contributed by atoms with Crippen LogP contribution in [0.1, 0.15) is 58.3 Å². The Kier molecular flexibility index (Phi) is 12.0. The van der Waals surface area contributed by atoms with Crippen LogP contribution in [0.15, 0.2) is 0 Å². The second-order valence-corrected chi connectivity index (χ2v) is 17.8. The van der Waals surface area contributed by atoms with Crippen LogP contribution in [0.4, 0.5) is 0 Å². The molecule has 0 aliphatic heterocycles. The number of hydrogen-bond donors (Lipinski definition) is 0. The molecular weight excluding hydrogens is 302 g/mol. The van der Waals surface area contributed by atoms with E-state index in [-0.39, 0.29) is 0 Å². The zero-order valence-electron chi connectivity index (χ0n) is 16.6. The number of likely N-dealkylation sites (N-methyl/N-ethyl adjacent to an activating group) is 1. The van der Waals surface area contributed by atoms with Gasteiger partial charge in [0.25, 0.3) is 0 Å². The molecule has 0 amide bonds. The topological polar surface area (TPSA) is 12.5 Å². The van der Waals surface area contributed by atoms with E-state index in [0.29, 0.717) is 0 Å². The highest BCUT2D eigenvalue weighted by molar-refractivity contribution is 6.74. The van der Waals surface area contributed by atoms with Crippen molar-refractivity contribution in [1.82, 2.24) is 4.57 Å². The third kappa shape index (κ3) is 12.9. The highest BCUT2D eigenvalue weighted by atomic mass is 28.4. The Morgan fingerprint density at radius 1 is 0.773 bits per heavy atom. The number of rotatable bonds is 14. The van der Waals surface area contributed by atoms with Gasteiger partial charge in [-0.25, -0.2) is 0 Å². The molecule has 0 saturated carbocycles. The minimum atomic E-state index is -1.34. The van der Waals surface area contributed by atoms with Crippen molar-refractivity contribution in [2.45, 2.75) is 97.1 Å². The molecule has 0 atom stereocenters. The molecule has 4 heteroatoms. The smallest absolute Gasteiger partial charge is 0.183 e. The fourth-order valence-electron chi connectivity index (χ4n) is 2.67. The summed E-state index contributed by atoms with van der Waals surface area (Å²) in [6, 6.07) is 1.44. The van der Waals surface area contributed by atoms with Gasteiger partial charge in [-0.1, -0.05) is 71.4 Å². The lowest BCUT2D eigenvalue weighted by atomic mass is 10.1. The van der Waals surface area contributed by atoms with Crippen molar-refractivity contribution in [3.8, 4) is 0 Å². The molecule has 2 nitrogen and oxygen atoms in total. The van der Waals surface area contributed by atoms with Crippen LogP contribution >= 0.6 is 0 Å². The van der Waals surface area contributed by atoms with Gasteiger partial charge in [-0.15, -0.1) is 0 Å². The van der Waals surface area contributed by atoms with Crippen molar-refractivity contribution in [3.63, 3.8) is 0 Å². The first kappa shape index (κ1) is 22.4. The second kappa shape index (κ2) is 11.8. The zero-order valence-corrected chi connectivity index (χ0v) is 18.6. The quantitative estimate of drug-likeness (QED) is 0.278. The van der Waals surface area contributed by atoms with E-state index in [4.69, 9.17) is 4.43 Å². The Morgan fingerprint density at radius 2 is 1.27 bits per heavy atom. The van der Waals surface area contributed by atoms with Gasteiger partial charge in [-0.05, 0) is 32.7 Å². The summed E-state index contributed by atoms with van der Waals surface area (Å²) in [5.41, 5.74) is 0. The second-order valence-electron chi connectivity index (χ2n) is 8.42. The maximum Gasteiger partial charge on any atom is 0.183 e. The average molecular weight is 346 g/mol. The largest absolute Gasteiger partial charge is 0.416 e. The van der Waals surface area contributed by atoms with Gasteiger partial charge in [0.1, 0.15) is 8.24 Å². The number of unbranched alkanes of at least 4 members (excludes halogenated alkanes) is 7. The third-order valence-electron chi connectivity index (χ3n) is 4.64. The summed E-state index contributed by atoms with van der Waals surface area (Å²) in [5.74, 6) is 0. The average Bonchev–Trinajstić information content (AvgIpc) is 2.40. The minimum absolute atomic E-state index is 0.917. The molecule has 0 bridgehead atoms. The molecule has 0 aromatic rings.